The fourth-order valence-corrected chi connectivity index (χ4v) is 1.63. The molecule has 1 aromatic carbocycles. The molecule has 0 aliphatic heterocycles. The molecule has 0 unspecified atom stereocenters. The average Bonchev–Trinajstić information content (AvgIpc) is 2.81. The van der Waals surface area contributed by atoms with Gasteiger partial charge in [-0.3, -0.25) is 4.79 Å². The van der Waals surface area contributed by atoms with E-state index < -0.39 is 11.8 Å². The van der Waals surface area contributed by atoms with E-state index in [2.05, 4.69) is 0 Å². The molecule has 0 fully saturated rings. The fourth-order valence-electron chi connectivity index (χ4n) is 1.45. The number of hydrogen-bond acceptors (Lipinski definition) is 3. The summed E-state index contributed by atoms with van der Waals surface area (Å²) in [5, 5.41) is 9.18. The zero-order chi connectivity index (χ0) is 13.3. The lowest BCUT2D eigenvalue weighted by atomic mass is 10.1. The molecule has 0 amide bonds. The van der Waals surface area contributed by atoms with Crippen molar-refractivity contribution in [1.29, 1.82) is 0 Å². The molecule has 18 heavy (non-hydrogen) atoms. The van der Waals surface area contributed by atoms with Crippen LogP contribution in [0.2, 0.25) is 5.02 Å². The van der Waals surface area contributed by atoms with Crippen LogP contribution in [0, 0.1) is 6.92 Å². The van der Waals surface area contributed by atoms with Crippen LogP contribution in [0.25, 0.3) is 0 Å². The molecule has 1 aromatic heterocycles. The smallest absolute Gasteiger partial charge is 0.371 e. The molecular formula is C13H9ClO4. The lowest BCUT2D eigenvalue weighted by molar-refractivity contribution is 0.0660. The van der Waals surface area contributed by atoms with Gasteiger partial charge in [-0.05, 0) is 30.7 Å². The Balaban J connectivity index is 2.35. The summed E-state index contributed by atoms with van der Waals surface area (Å²) in [4.78, 5) is 22.6. The van der Waals surface area contributed by atoms with Crippen LogP contribution in [0.15, 0.2) is 34.7 Å². The van der Waals surface area contributed by atoms with Crippen molar-refractivity contribution in [3.63, 3.8) is 0 Å². The second-order valence-corrected chi connectivity index (χ2v) is 4.17. The van der Waals surface area contributed by atoms with Crippen molar-refractivity contribution < 1.29 is 19.1 Å². The van der Waals surface area contributed by atoms with Crippen molar-refractivity contribution >= 4 is 23.4 Å². The third-order valence-electron chi connectivity index (χ3n) is 2.47. The number of rotatable bonds is 3. The molecule has 0 aliphatic rings. The Morgan fingerprint density at radius 2 is 1.83 bits per heavy atom. The van der Waals surface area contributed by atoms with Crippen molar-refractivity contribution in [2.45, 2.75) is 6.92 Å². The molecule has 4 nitrogen and oxygen atoms in total. The van der Waals surface area contributed by atoms with Crippen LogP contribution in [-0.4, -0.2) is 16.9 Å². The molecule has 1 N–H and O–H groups in total. The number of benzene rings is 1. The summed E-state index contributed by atoms with van der Waals surface area (Å²) in [5.41, 5.74) is 1.22. The highest BCUT2D eigenvalue weighted by Crippen LogP contribution is 2.20. The van der Waals surface area contributed by atoms with Gasteiger partial charge in [-0.1, -0.05) is 23.7 Å². The van der Waals surface area contributed by atoms with Crippen molar-refractivity contribution in [2.24, 2.45) is 0 Å². The van der Waals surface area contributed by atoms with Gasteiger partial charge < -0.3 is 9.52 Å². The minimum atomic E-state index is -1.21. The molecule has 0 bridgehead atoms. The first-order chi connectivity index (χ1) is 8.49. The van der Waals surface area contributed by atoms with E-state index in [1.807, 2.05) is 6.92 Å². The molecule has 2 aromatic rings. The first-order valence-electron chi connectivity index (χ1n) is 5.13. The molecule has 92 valence electrons. The van der Waals surface area contributed by atoms with Gasteiger partial charge in [0.15, 0.2) is 5.76 Å². The number of carboxylic acids is 1. The molecule has 2 rings (SSSR count). The van der Waals surface area contributed by atoms with Gasteiger partial charge in [0.1, 0.15) is 0 Å². The minimum Gasteiger partial charge on any atom is -0.475 e. The number of hydrogen-bond donors (Lipinski definition) is 1. The van der Waals surface area contributed by atoms with E-state index in [1.54, 1.807) is 12.1 Å². The maximum Gasteiger partial charge on any atom is 0.371 e. The Morgan fingerprint density at radius 1 is 1.17 bits per heavy atom. The Hall–Kier alpha value is -2.07. The maximum atomic E-state index is 12.0. The van der Waals surface area contributed by atoms with E-state index in [1.165, 1.54) is 18.2 Å². The van der Waals surface area contributed by atoms with E-state index in [0.717, 1.165) is 5.56 Å². The highest BCUT2D eigenvalue weighted by atomic mass is 35.5. The number of aromatic carboxylic acids is 1. The van der Waals surface area contributed by atoms with Gasteiger partial charge in [0, 0.05) is 10.6 Å². The lowest BCUT2D eigenvalue weighted by Gasteiger charge is -2.01. The monoisotopic (exact) mass is 264 g/mol. The van der Waals surface area contributed by atoms with E-state index >= 15 is 0 Å². The number of carboxylic acid groups (broad SMARTS) is 1. The molecule has 0 radical (unpaired) electrons. The standard InChI is InChI=1S/C13H9ClO4/c1-7-2-3-8(6-9(7)14)12(15)10-4-5-11(18-10)13(16)17/h2-6H,1H3,(H,16,17). The van der Waals surface area contributed by atoms with Crippen LogP contribution in [0.1, 0.15) is 32.2 Å². The van der Waals surface area contributed by atoms with Gasteiger partial charge in [-0.25, -0.2) is 4.79 Å². The predicted molar refractivity (Wildman–Crippen MR) is 65.3 cm³/mol. The van der Waals surface area contributed by atoms with Gasteiger partial charge in [0.2, 0.25) is 11.5 Å². The van der Waals surface area contributed by atoms with E-state index in [4.69, 9.17) is 21.1 Å². The first-order valence-corrected chi connectivity index (χ1v) is 5.51. The number of ketones is 1. The zero-order valence-corrected chi connectivity index (χ0v) is 10.2. The zero-order valence-electron chi connectivity index (χ0n) is 9.44. The van der Waals surface area contributed by atoms with Crippen LogP contribution in [0.3, 0.4) is 0 Å². The van der Waals surface area contributed by atoms with E-state index in [0.29, 0.717) is 10.6 Å². The van der Waals surface area contributed by atoms with Crippen LogP contribution in [0.5, 0.6) is 0 Å². The predicted octanol–water partition coefficient (Wildman–Crippen LogP) is 3.17. The Morgan fingerprint density at radius 3 is 2.39 bits per heavy atom. The molecule has 5 heteroatoms. The molecule has 0 saturated carbocycles. The number of furan rings is 1. The summed E-state index contributed by atoms with van der Waals surface area (Å²) in [6, 6.07) is 7.44. The topological polar surface area (TPSA) is 67.5 Å². The highest BCUT2D eigenvalue weighted by molar-refractivity contribution is 6.31. The molecular weight excluding hydrogens is 256 g/mol. The van der Waals surface area contributed by atoms with Crippen LogP contribution >= 0.6 is 11.6 Å². The van der Waals surface area contributed by atoms with Gasteiger partial charge >= 0.3 is 5.97 Å². The summed E-state index contributed by atoms with van der Waals surface area (Å²) in [6.45, 7) is 1.83. The Labute approximate surface area is 108 Å². The molecule has 0 spiro atoms. The normalized spacial score (nSPS) is 10.3. The molecule has 0 saturated heterocycles. The lowest BCUT2D eigenvalue weighted by Crippen LogP contribution is -2.00. The number of halogens is 1. The Kier molecular flexibility index (Phi) is 3.21. The SMILES string of the molecule is Cc1ccc(C(=O)c2ccc(C(=O)O)o2)cc1Cl. The summed E-state index contributed by atoms with van der Waals surface area (Å²) < 4.78 is 4.94. The van der Waals surface area contributed by atoms with Crippen molar-refractivity contribution in [3.8, 4) is 0 Å². The van der Waals surface area contributed by atoms with Gasteiger partial charge in [-0.2, -0.15) is 0 Å². The maximum absolute atomic E-state index is 12.0. The third kappa shape index (κ3) is 2.28. The third-order valence-corrected chi connectivity index (χ3v) is 2.88. The number of carbonyl (C=O) groups excluding carboxylic acids is 1. The molecule has 1 heterocycles. The summed E-state index contributed by atoms with van der Waals surface area (Å²) in [5.74, 6) is -1.90. The summed E-state index contributed by atoms with van der Waals surface area (Å²) in [6.07, 6.45) is 0. The second-order valence-electron chi connectivity index (χ2n) is 3.76. The Bertz CT molecular complexity index is 628. The minimum absolute atomic E-state index is 0.0210. The van der Waals surface area contributed by atoms with E-state index in [-0.39, 0.29) is 11.5 Å². The number of aryl methyl sites for hydroxylation is 1. The van der Waals surface area contributed by atoms with Gasteiger partial charge in [0.25, 0.3) is 0 Å². The molecule has 0 atom stereocenters. The van der Waals surface area contributed by atoms with Crippen molar-refractivity contribution in [2.75, 3.05) is 0 Å². The number of carbonyl (C=O) groups is 2. The summed E-state index contributed by atoms with van der Waals surface area (Å²) in [7, 11) is 0. The largest absolute Gasteiger partial charge is 0.475 e. The quantitative estimate of drug-likeness (QED) is 0.865. The van der Waals surface area contributed by atoms with Crippen LogP contribution in [0.4, 0.5) is 0 Å². The van der Waals surface area contributed by atoms with Crippen molar-refractivity contribution in [1.82, 2.24) is 0 Å². The molecule has 0 aliphatic carbocycles. The van der Waals surface area contributed by atoms with Gasteiger partial charge in [0.05, 0.1) is 0 Å². The highest BCUT2D eigenvalue weighted by Gasteiger charge is 2.17. The van der Waals surface area contributed by atoms with Gasteiger partial charge in [-0.15, -0.1) is 0 Å². The van der Waals surface area contributed by atoms with Crippen LogP contribution < -0.4 is 0 Å². The second kappa shape index (κ2) is 4.66. The fraction of sp³-hybridized carbons (Fsp3) is 0.0769. The average molecular weight is 265 g/mol. The first kappa shape index (κ1) is 12.4. The van der Waals surface area contributed by atoms with Crippen molar-refractivity contribution in [3.05, 3.63) is 58.0 Å². The summed E-state index contributed by atoms with van der Waals surface area (Å²) >= 11 is 5.92. The van der Waals surface area contributed by atoms with Crippen LogP contribution in [-0.2, 0) is 0 Å². The van der Waals surface area contributed by atoms with E-state index in [9.17, 15) is 9.59 Å².